The summed E-state index contributed by atoms with van der Waals surface area (Å²) < 4.78 is 0. The summed E-state index contributed by atoms with van der Waals surface area (Å²) in [6.07, 6.45) is -1.36. The number of hydrogen-bond donors (Lipinski definition) is 3. The molecule has 0 aliphatic rings. The molecule has 29 heavy (non-hydrogen) atoms. The zero-order chi connectivity index (χ0) is 22.2. The maximum absolute atomic E-state index is 12.1. The molecule has 166 valence electrons. The van der Waals surface area contributed by atoms with Gasteiger partial charge < -0.3 is 15.5 Å². The van der Waals surface area contributed by atoms with Gasteiger partial charge in [0.1, 0.15) is 0 Å². The molecule has 0 unspecified atom stereocenters. The van der Waals surface area contributed by atoms with Crippen molar-refractivity contribution in [2.24, 2.45) is 5.92 Å². The molecule has 1 aromatic carbocycles. The van der Waals surface area contributed by atoms with E-state index in [4.69, 9.17) is 0 Å². The van der Waals surface area contributed by atoms with Crippen molar-refractivity contribution in [2.45, 2.75) is 78.1 Å². The van der Waals surface area contributed by atoms with Crippen molar-refractivity contribution < 1.29 is 15.0 Å². The second kappa shape index (κ2) is 11.2. The molecule has 0 aromatic heterocycles. The molecule has 0 saturated carbocycles. The second-order valence-corrected chi connectivity index (χ2v) is 10.9. The average Bonchev–Trinajstić information content (AvgIpc) is 2.58. The Morgan fingerprint density at radius 1 is 1.14 bits per heavy atom. The topological polar surface area (TPSA) is 72.8 Å². The zero-order valence-corrected chi connectivity index (χ0v) is 19.9. The van der Waals surface area contributed by atoms with Gasteiger partial charge in [0.25, 0.3) is 0 Å². The molecule has 0 radical (unpaired) electrons. The number of aliphatic hydroxyl groups is 1. The molecule has 1 amide bonds. The Kier molecular flexibility index (Phi) is 9.99. The number of β-amino-alcohol motifs (C(OH)–C–C–N with tert-alkyl or cyclic N) is 1. The standard InChI is InChI=1S/C23H40N2O3S/c1-17(2)15-29-16-23(6,7)24-14-20(26)19(13-18-11-9-8-10-12-18)25(21(27)28)22(3,4)5/h8-12,17,19-20,24,26H,13-16H2,1-7H3,(H,27,28)/t19-,20-/m0/s1. The van der Waals surface area contributed by atoms with Crippen molar-refractivity contribution in [3.8, 4) is 0 Å². The Labute approximate surface area is 181 Å². The van der Waals surface area contributed by atoms with Crippen molar-refractivity contribution in [1.82, 2.24) is 10.2 Å². The highest BCUT2D eigenvalue weighted by atomic mass is 32.2. The van der Waals surface area contributed by atoms with E-state index in [9.17, 15) is 15.0 Å². The maximum atomic E-state index is 12.1. The summed E-state index contributed by atoms with van der Waals surface area (Å²) in [7, 11) is 0. The Bertz CT molecular complexity index is 614. The monoisotopic (exact) mass is 424 g/mol. The molecule has 0 spiro atoms. The SMILES string of the molecule is CC(C)CSCC(C)(C)NC[C@H](O)[C@H](Cc1ccccc1)N(C(=O)O)C(C)(C)C. The quantitative estimate of drug-likeness (QED) is 0.488. The van der Waals surface area contributed by atoms with Crippen LogP contribution in [0.3, 0.4) is 0 Å². The van der Waals surface area contributed by atoms with Gasteiger partial charge in [-0.2, -0.15) is 11.8 Å². The van der Waals surface area contributed by atoms with Crippen LogP contribution in [0.15, 0.2) is 30.3 Å². The highest BCUT2D eigenvalue weighted by molar-refractivity contribution is 7.99. The highest BCUT2D eigenvalue weighted by Gasteiger charge is 2.37. The molecule has 0 heterocycles. The molecule has 5 nitrogen and oxygen atoms in total. The fourth-order valence-corrected chi connectivity index (χ4v) is 4.50. The van der Waals surface area contributed by atoms with Gasteiger partial charge in [-0.05, 0) is 58.3 Å². The minimum atomic E-state index is -1.01. The van der Waals surface area contributed by atoms with Crippen LogP contribution >= 0.6 is 11.8 Å². The van der Waals surface area contributed by atoms with Crippen molar-refractivity contribution in [3.05, 3.63) is 35.9 Å². The van der Waals surface area contributed by atoms with Gasteiger partial charge in [-0.1, -0.05) is 44.2 Å². The lowest BCUT2D eigenvalue weighted by Crippen LogP contribution is -2.59. The van der Waals surface area contributed by atoms with Crippen molar-refractivity contribution >= 4 is 17.9 Å². The van der Waals surface area contributed by atoms with Gasteiger partial charge in [0.15, 0.2) is 0 Å². The number of amides is 1. The molecule has 0 bridgehead atoms. The Balaban J connectivity index is 2.92. The van der Waals surface area contributed by atoms with Crippen LogP contribution in [-0.2, 0) is 6.42 Å². The average molecular weight is 425 g/mol. The predicted molar refractivity (Wildman–Crippen MR) is 124 cm³/mol. The first-order valence-electron chi connectivity index (χ1n) is 10.4. The molecular formula is C23H40N2O3S. The summed E-state index contributed by atoms with van der Waals surface area (Å²) in [5.74, 6) is 2.68. The number of nitrogens with zero attached hydrogens (tertiary/aromatic N) is 1. The van der Waals surface area contributed by atoms with Gasteiger partial charge in [0.05, 0.1) is 12.1 Å². The van der Waals surface area contributed by atoms with Crippen molar-refractivity contribution in [3.63, 3.8) is 0 Å². The van der Waals surface area contributed by atoms with Crippen LogP contribution in [0.25, 0.3) is 0 Å². The zero-order valence-electron chi connectivity index (χ0n) is 19.1. The highest BCUT2D eigenvalue weighted by Crippen LogP contribution is 2.23. The number of hydrogen-bond acceptors (Lipinski definition) is 4. The largest absolute Gasteiger partial charge is 0.465 e. The molecule has 2 atom stereocenters. The lowest BCUT2D eigenvalue weighted by atomic mass is 9.94. The third kappa shape index (κ3) is 9.41. The van der Waals surface area contributed by atoms with Crippen LogP contribution in [0, 0.1) is 5.92 Å². The van der Waals surface area contributed by atoms with Crippen molar-refractivity contribution in [1.29, 1.82) is 0 Å². The number of carboxylic acid groups (broad SMARTS) is 1. The Morgan fingerprint density at radius 3 is 2.21 bits per heavy atom. The third-order valence-corrected chi connectivity index (χ3v) is 6.52. The molecule has 0 aliphatic heterocycles. The number of rotatable bonds is 11. The van der Waals surface area contributed by atoms with Crippen LogP contribution in [-0.4, -0.2) is 62.5 Å². The van der Waals surface area contributed by atoms with E-state index < -0.39 is 23.8 Å². The van der Waals surface area contributed by atoms with Crippen LogP contribution < -0.4 is 5.32 Å². The summed E-state index contributed by atoms with van der Waals surface area (Å²) in [6, 6.07) is 9.22. The number of nitrogens with one attached hydrogen (secondary N) is 1. The summed E-state index contributed by atoms with van der Waals surface area (Å²) in [5, 5.41) is 24.4. The smallest absolute Gasteiger partial charge is 0.408 e. The van der Waals surface area contributed by atoms with E-state index >= 15 is 0 Å². The lowest BCUT2D eigenvalue weighted by molar-refractivity contribution is 0.00595. The van der Waals surface area contributed by atoms with E-state index in [2.05, 4.69) is 33.0 Å². The first-order chi connectivity index (χ1) is 13.3. The molecule has 3 N–H and O–H groups in total. The van der Waals surface area contributed by atoms with Gasteiger partial charge in [-0.15, -0.1) is 0 Å². The van der Waals surface area contributed by atoms with Gasteiger partial charge in [-0.25, -0.2) is 4.79 Å². The van der Waals surface area contributed by atoms with Gasteiger partial charge in [0, 0.05) is 23.4 Å². The van der Waals surface area contributed by atoms with Crippen LogP contribution in [0.1, 0.15) is 54.0 Å². The number of aliphatic hydroxyl groups excluding tert-OH is 1. The predicted octanol–water partition coefficient (Wildman–Crippen LogP) is 4.49. The van der Waals surface area contributed by atoms with Crippen LogP contribution in [0.4, 0.5) is 4.79 Å². The van der Waals surface area contributed by atoms with E-state index in [0.29, 0.717) is 18.9 Å². The molecule has 0 aliphatic carbocycles. The second-order valence-electron chi connectivity index (χ2n) is 9.82. The summed E-state index contributed by atoms with van der Waals surface area (Å²) in [5.41, 5.74) is 0.251. The molecule has 0 saturated heterocycles. The molecule has 1 rings (SSSR count). The molecule has 6 heteroatoms. The Hall–Kier alpha value is -1.24. The third-order valence-electron chi connectivity index (χ3n) is 4.70. The van der Waals surface area contributed by atoms with E-state index in [1.54, 1.807) is 0 Å². The Morgan fingerprint density at radius 2 is 1.72 bits per heavy atom. The van der Waals surface area contributed by atoms with Gasteiger partial charge >= 0.3 is 6.09 Å². The van der Waals surface area contributed by atoms with Crippen LogP contribution in [0.2, 0.25) is 0 Å². The number of carbonyl (C=O) groups is 1. The summed E-state index contributed by atoms with van der Waals surface area (Å²) in [4.78, 5) is 13.5. The van der Waals surface area contributed by atoms with Crippen LogP contribution in [0.5, 0.6) is 0 Å². The summed E-state index contributed by atoms with van der Waals surface area (Å²) >= 11 is 1.90. The molecule has 0 fully saturated rings. The number of benzene rings is 1. The normalized spacial score (nSPS) is 14.7. The van der Waals surface area contributed by atoms with E-state index in [1.165, 1.54) is 4.90 Å². The number of thioether (sulfide) groups is 1. The molecular weight excluding hydrogens is 384 g/mol. The summed E-state index contributed by atoms with van der Waals surface area (Å²) in [6.45, 7) is 14.6. The minimum absolute atomic E-state index is 0.145. The van der Waals surface area contributed by atoms with E-state index in [0.717, 1.165) is 17.1 Å². The van der Waals surface area contributed by atoms with E-state index in [1.807, 2.05) is 62.9 Å². The lowest BCUT2D eigenvalue weighted by Gasteiger charge is -2.42. The first kappa shape index (κ1) is 25.8. The minimum Gasteiger partial charge on any atom is -0.465 e. The van der Waals surface area contributed by atoms with Crippen molar-refractivity contribution in [2.75, 3.05) is 18.1 Å². The fourth-order valence-electron chi connectivity index (χ4n) is 3.30. The fraction of sp³-hybridized carbons (Fsp3) is 0.696. The molecule has 1 aromatic rings. The maximum Gasteiger partial charge on any atom is 0.408 e. The van der Waals surface area contributed by atoms with Gasteiger partial charge in [-0.3, -0.25) is 4.90 Å². The first-order valence-corrected chi connectivity index (χ1v) is 11.6. The van der Waals surface area contributed by atoms with E-state index in [-0.39, 0.29) is 5.54 Å². The van der Waals surface area contributed by atoms with Gasteiger partial charge in [0.2, 0.25) is 0 Å².